The van der Waals surface area contributed by atoms with Gasteiger partial charge >= 0.3 is 7.82 Å². The largest absolute Gasteiger partial charge is 0.472 e. The molecule has 0 aliphatic rings. The second kappa shape index (κ2) is 25.0. The fourth-order valence-electron chi connectivity index (χ4n) is 4.51. The number of Topliss-reactive ketones (excluding diaryl/α,β-unsaturated/α-hetero) is 1. The number of ketones is 1. The molecule has 2 atom stereocenters. The zero-order valence-electron chi connectivity index (χ0n) is 24.4. The van der Waals surface area contributed by atoms with Gasteiger partial charge in [0.1, 0.15) is 5.78 Å². The van der Waals surface area contributed by atoms with E-state index in [4.69, 9.17) is 9.05 Å². The number of hydrogen-bond acceptors (Lipinski definition) is 4. The lowest BCUT2D eigenvalue weighted by Crippen LogP contribution is -3.05. The van der Waals surface area contributed by atoms with Gasteiger partial charge in [-0.05, 0) is 25.2 Å². The molecule has 0 fully saturated rings. The first kappa shape index (κ1) is 35.7. The Hall–Kier alpha value is -0.260. The van der Waals surface area contributed by atoms with Crippen LogP contribution in [0.2, 0.25) is 0 Å². The van der Waals surface area contributed by atoms with Crippen molar-refractivity contribution in [2.24, 2.45) is 5.92 Å². The first-order valence-corrected chi connectivity index (χ1v) is 16.7. The second-order valence-electron chi connectivity index (χ2n) is 11.0. The van der Waals surface area contributed by atoms with Crippen molar-refractivity contribution in [2.75, 3.05) is 33.9 Å². The zero-order chi connectivity index (χ0) is 26.9. The number of phosphoric acid groups is 1. The molecule has 0 bridgehead atoms. The molecular formula is C29H61NO5P+. The molecule has 0 aliphatic heterocycles. The monoisotopic (exact) mass is 534 g/mol. The van der Waals surface area contributed by atoms with Crippen LogP contribution in [0.5, 0.6) is 0 Å². The maximum absolute atomic E-state index is 12.2. The average molecular weight is 535 g/mol. The highest BCUT2D eigenvalue weighted by molar-refractivity contribution is 7.47. The summed E-state index contributed by atoms with van der Waals surface area (Å²) in [6.45, 7) is 5.47. The molecule has 0 heterocycles. The predicted octanol–water partition coefficient (Wildman–Crippen LogP) is 7.29. The molecule has 0 rings (SSSR count). The summed E-state index contributed by atoms with van der Waals surface area (Å²) in [7, 11) is 0.106. The SMILES string of the molecule is CCCCCCCCCCCCCCCCCC(COP(=O)(O)OCCCC[NH+](C)C)CC(=O)CC. The molecule has 216 valence electrons. The molecule has 0 saturated heterocycles. The molecule has 2 unspecified atom stereocenters. The lowest BCUT2D eigenvalue weighted by atomic mass is 9.95. The summed E-state index contributed by atoms with van der Waals surface area (Å²) in [6.07, 6.45) is 23.3. The fourth-order valence-corrected chi connectivity index (χ4v) is 5.35. The third-order valence-corrected chi connectivity index (χ3v) is 7.91. The van der Waals surface area contributed by atoms with Gasteiger partial charge in [0.15, 0.2) is 0 Å². The van der Waals surface area contributed by atoms with Gasteiger partial charge in [-0.3, -0.25) is 13.8 Å². The Labute approximate surface area is 223 Å². The van der Waals surface area contributed by atoms with E-state index in [1.165, 1.54) is 88.4 Å². The van der Waals surface area contributed by atoms with Crippen molar-refractivity contribution in [3.63, 3.8) is 0 Å². The predicted molar refractivity (Wildman–Crippen MR) is 152 cm³/mol. The van der Waals surface area contributed by atoms with Crippen LogP contribution in [0.25, 0.3) is 0 Å². The summed E-state index contributed by atoms with van der Waals surface area (Å²) in [5, 5.41) is 0. The van der Waals surface area contributed by atoms with Crippen molar-refractivity contribution < 1.29 is 28.2 Å². The molecule has 0 aromatic heterocycles. The van der Waals surface area contributed by atoms with Gasteiger partial charge in [-0.1, -0.05) is 110 Å². The molecule has 0 spiro atoms. The highest BCUT2D eigenvalue weighted by Crippen LogP contribution is 2.44. The Morgan fingerprint density at radius 1 is 0.750 bits per heavy atom. The van der Waals surface area contributed by atoms with Crippen LogP contribution in [-0.4, -0.2) is 44.5 Å². The molecule has 0 amide bonds. The highest BCUT2D eigenvalue weighted by Gasteiger charge is 2.24. The summed E-state index contributed by atoms with van der Waals surface area (Å²) < 4.78 is 22.6. The number of phosphoric ester groups is 1. The Morgan fingerprint density at radius 3 is 1.72 bits per heavy atom. The molecule has 2 N–H and O–H groups in total. The van der Waals surface area contributed by atoms with E-state index in [0.29, 0.717) is 12.8 Å². The number of unbranched alkanes of at least 4 members (excludes halogenated alkanes) is 15. The lowest BCUT2D eigenvalue weighted by molar-refractivity contribution is -0.858. The van der Waals surface area contributed by atoms with Gasteiger partial charge in [-0.15, -0.1) is 0 Å². The van der Waals surface area contributed by atoms with Gasteiger partial charge in [0, 0.05) is 12.8 Å². The van der Waals surface area contributed by atoms with Gasteiger partial charge < -0.3 is 9.79 Å². The van der Waals surface area contributed by atoms with Crippen molar-refractivity contribution >= 4 is 13.6 Å². The van der Waals surface area contributed by atoms with E-state index >= 15 is 0 Å². The molecule has 0 aromatic carbocycles. The van der Waals surface area contributed by atoms with Crippen LogP contribution in [0.3, 0.4) is 0 Å². The van der Waals surface area contributed by atoms with Crippen LogP contribution in [-0.2, 0) is 18.4 Å². The molecular weight excluding hydrogens is 473 g/mol. The van der Waals surface area contributed by atoms with Gasteiger partial charge in [-0.2, -0.15) is 0 Å². The smallest absolute Gasteiger partial charge is 0.340 e. The standard InChI is InChI=1S/C29H60NO5P/c1-5-7-8-9-10-11-12-13-14-15-16-17-18-19-20-23-28(26-29(31)6-2)27-35-36(32,33)34-25-22-21-24-30(3)4/h28H,5-27H2,1-4H3,(H,32,33)/p+1. The Bertz CT molecular complexity index is 544. The van der Waals surface area contributed by atoms with E-state index < -0.39 is 7.82 Å². The first-order chi connectivity index (χ1) is 17.3. The van der Waals surface area contributed by atoms with E-state index in [2.05, 4.69) is 21.0 Å². The summed E-state index contributed by atoms with van der Waals surface area (Å²) in [5.74, 6) is 0.172. The van der Waals surface area contributed by atoms with Crippen LogP contribution >= 0.6 is 7.82 Å². The maximum Gasteiger partial charge on any atom is 0.472 e. The molecule has 0 saturated carbocycles. The van der Waals surface area contributed by atoms with E-state index in [1.54, 1.807) is 0 Å². The Morgan fingerprint density at radius 2 is 1.25 bits per heavy atom. The number of quaternary nitrogens is 1. The first-order valence-electron chi connectivity index (χ1n) is 15.2. The van der Waals surface area contributed by atoms with Gasteiger partial charge in [0.2, 0.25) is 0 Å². The normalized spacial score (nSPS) is 14.3. The average Bonchev–Trinajstić information content (AvgIpc) is 2.84. The topological polar surface area (TPSA) is 77.3 Å². The number of hydrogen-bond donors (Lipinski definition) is 2. The molecule has 0 aliphatic carbocycles. The Kier molecular flexibility index (Phi) is 24.9. The zero-order valence-corrected chi connectivity index (χ0v) is 25.3. The molecule has 0 radical (unpaired) electrons. The minimum atomic E-state index is -4.06. The van der Waals surface area contributed by atoms with E-state index in [1.807, 2.05) is 6.92 Å². The molecule has 7 heteroatoms. The van der Waals surface area contributed by atoms with Crippen LogP contribution in [0.4, 0.5) is 0 Å². The summed E-state index contributed by atoms with van der Waals surface area (Å²) in [4.78, 5) is 23.3. The van der Waals surface area contributed by atoms with E-state index in [-0.39, 0.29) is 24.9 Å². The molecule has 36 heavy (non-hydrogen) atoms. The second-order valence-corrected chi connectivity index (χ2v) is 12.4. The van der Waals surface area contributed by atoms with Crippen LogP contribution in [0, 0.1) is 5.92 Å². The van der Waals surface area contributed by atoms with Crippen LogP contribution in [0.15, 0.2) is 0 Å². The van der Waals surface area contributed by atoms with Crippen molar-refractivity contribution in [1.29, 1.82) is 0 Å². The molecule has 0 aromatic rings. The minimum Gasteiger partial charge on any atom is -0.340 e. The van der Waals surface area contributed by atoms with Gasteiger partial charge in [0.05, 0.1) is 33.9 Å². The van der Waals surface area contributed by atoms with E-state index in [0.717, 1.165) is 38.6 Å². The summed E-state index contributed by atoms with van der Waals surface area (Å²) in [6, 6.07) is 0. The summed E-state index contributed by atoms with van der Waals surface area (Å²) >= 11 is 0. The van der Waals surface area contributed by atoms with Crippen molar-refractivity contribution in [2.45, 2.75) is 142 Å². The quantitative estimate of drug-likeness (QED) is 0.0814. The van der Waals surface area contributed by atoms with Crippen LogP contribution in [0.1, 0.15) is 142 Å². The third kappa shape index (κ3) is 25.4. The van der Waals surface area contributed by atoms with Gasteiger partial charge in [0.25, 0.3) is 0 Å². The maximum atomic E-state index is 12.2. The number of nitrogens with one attached hydrogen (secondary N) is 1. The van der Waals surface area contributed by atoms with E-state index in [9.17, 15) is 14.3 Å². The van der Waals surface area contributed by atoms with Crippen molar-refractivity contribution in [3.8, 4) is 0 Å². The van der Waals surface area contributed by atoms with Crippen molar-refractivity contribution in [1.82, 2.24) is 0 Å². The number of carbonyl (C=O) groups excluding carboxylic acids is 1. The Balaban J connectivity index is 3.89. The minimum absolute atomic E-state index is 0.0131. The van der Waals surface area contributed by atoms with Gasteiger partial charge in [-0.25, -0.2) is 4.57 Å². The lowest BCUT2D eigenvalue weighted by Gasteiger charge is -2.18. The number of rotatable bonds is 28. The third-order valence-electron chi connectivity index (χ3n) is 6.93. The summed E-state index contributed by atoms with van der Waals surface area (Å²) in [5.41, 5.74) is 0. The van der Waals surface area contributed by atoms with Crippen molar-refractivity contribution in [3.05, 3.63) is 0 Å². The molecule has 6 nitrogen and oxygen atoms in total. The highest BCUT2D eigenvalue weighted by atomic mass is 31.2. The number of carbonyl (C=O) groups is 1. The fraction of sp³-hybridized carbons (Fsp3) is 0.966. The van der Waals surface area contributed by atoms with Crippen LogP contribution < -0.4 is 4.90 Å².